The summed E-state index contributed by atoms with van der Waals surface area (Å²) in [5.41, 5.74) is 1.41. The third-order valence-corrected chi connectivity index (χ3v) is 6.80. The van der Waals surface area contributed by atoms with Crippen LogP contribution in [-0.4, -0.2) is 52.5 Å². The second-order valence-corrected chi connectivity index (χ2v) is 9.36. The molecule has 0 saturated carbocycles. The average molecular weight is 457 g/mol. The van der Waals surface area contributed by atoms with Crippen LogP contribution in [-0.2, 0) is 9.53 Å². The first-order valence-corrected chi connectivity index (χ1v) is 11.8. The molecular formula is C24H28N2O5S. The standard InChI is InChI=1S/C24H28N2O5S/c1-4-10-30-17-8-5-7-16(12-17)20-19(21(27)23-14(2)25-15(3)32-23)22(28)24(29)26(20)13-18-9-6-11-31-18/h5,7-8,12,18,20,28H,4,6,9-11,13H2,1-3H3. The van der Waals surface area contributed by atoms with Gasteiger partial charge in [-0.25, -0.2) is 4.98 Å². The number of aliphatic hydroxyl groups excluding tert-OH is 1. The van der Waals surface area contributed by atoms with Crippen LogP contribution in [0.3, 0.4) is 0 Å². The molecule has 3 heterocycles. The van der Waals surface area contributed by atoms with Crippen molar-refractivity contribution in [1.82, 2.24) is 9.88 Å². The van der Waals surface area contributed by atoms with Gasteiger partial charge in [-0.2, -0.15) is 0 Å². The van der Waals surface area contributed by atoms with E-state index in [1.165, 1.54) is 11.3 Å². The summed E-state index contributed by atoms with van der Waals surface area (Å²) < 4.78 is 11.5. The monoisotopic (exact) mass is 456 g/mol. The second kappa shape index (κ2) is 9.42. The number of benzene rings is 1. The minimum absolute atomic E-state index is 0.0902. The number of aryl methyl sites for hydroxylation is 2. The zero-order chi connectivity index (χ0) is 22.8. The summed E-state index contributed by atoms with van der Waals surface area (Å²) >= 11 is 1.27. The fraction of sp³-hybridized carbons (Fsp3) is 0.458. The Morgan fingerprint density at radius 3 is 2.84 bits per heavy atom. The normalized spacial score (nSPS) is 21.0. The first kappa shape index (κ1) is 22.5. The van der Waals surface area contributed by atoms with Gasteiger partial charge in [0.2, 0.25) is 5.78 Å². The Labute approximate surface area is 191 Å². The average Bonchev–Trinajstić information content (AvgIpc) is 3.47. The number of ether oxygens (including phenoxy) is 2. The van der Waals surface area contributed by atoms with Crippen molar-refractivity contribution < 1.29 is 24.2 Å². The van der Waals surface area contributed by atoms with Gasteiger partial charge >= 0.3 is 0 Å². The van der Waals surface area contributed by atoms with Crippen molar-refractivity contribution in [3.8, 4) is 5.75 Å². The van der Waals surface area contributed by atoms with Gasteiger partial charge in [-0.15, -0.1) is 11.3 Å². The highest BCUT2D eigenvalue weighted by Gasteiger charge is 2.45. The Kier molecular flexibility index (Phi) is 6.62. The van der Waals surface area contributed by atoms with Crippen LogP contribution in [0.25, 0.3) is 0 Å². The predicted molar refractivity (Wildman–Crippen MR) is 121 cm³/mol. The van der Waals surface area contributed by atoms with Gasteiger partial charge in [0.1, 0.15) is 5.75 Å². The molecule has 1 amide bonds. The number of nitrogens with zero attached hydrogens (tertiary/aromatic N) is 2. The smallest absolute Gasteiger partial charge is 0.290 e. The van der Waals surface area contributed by atoms with Gasteiger partial charge in [0.25, 0.3) is 5.91 Å². The highest BCUT2D eigenvalue weighted by molar-refractivity contribution is 7.14. The zero-order valence-electron chi connectivity index (χ0n) is 18.6. The van der Waals surface area contributed by atoms with Gasteiger partial charge in [-0.1, -0.05) is 19.1 Å². The van der Waals surface area contributed by atoms with Crippen molar-refractivity contribution >= 4 is 23.0 Å². The van der Waals surface area contributed by atoms with E-state index in [4.69, 9.17) is 9.47 Å². The summed E-state index contributed by atoms with van der Waals surface area (Å²) in [5.74, 6) is -0.744. The van der Waals surface area contributed by atoms with Crippen LogP contribution in [0.1, 0.15) is 58.2 Å². The molecule has 1 fully saturated rings. The van der Waals surface area contributed by atoms with E-state index in [1.807, 2.05) is 38.1 Å². The third-order valence-electron chi connectivity index (χ3n) is 5.73. The van der Waals surface area contributed by atoms with Crippen molar-refractivity contribution in [3.63, 3.8) is 0 Å². The number of Topliss-reactive ketones (excluding diaryl/α,β-unsaturated/α-hetero) is 1. The molecule has 0 radical (unpaired) electrons. The van der Waals surface area contributed by atoms with Crippen LogP contribution >= 0.6 is 11.3 Å². The van der Waals surface area contributed by atoms with Crippen molar-refractivity contribution in [2.45, 2.75) is 52.2 Å². The van der Waals surface area contributed by atoms with E-state index in [0.29, 0.717) is 36.1 Å². The minimum atomic E-state index is -0.716. The second-order valence-electron chi connectivity index (χ2n) is 8.15. The Morgan fingerprint density at radius 2 is 2.19 bits per heavy atom. The summed E-state index contributed by atoms with van der Waals surface area (Å²) in [6.45, 7) is 7.16. The molecule has 2 aliphatic rings. The van der Waals surface area contributed by atoms with Crippen LogP contribution in [0.15, 0.2) is 35.6 Å². The minimum Gasteiger partial charge on any atom is -0.503 e. The number of carbonyl (C=O) groups excluding carboxylic acids is 2. The topological polar surface area (TPSA) is 89.0 Å². The summed E-state index contributed by atoms with van der Waals surface area (Å²) in [7, 11) is 0. The molecule has 2 unspecified atom stereocenters. The van der Waals surface area contributed by atoms with E-state index in [-0.39, 0.29) is 17.5 Å². The Morgan fingerprint density at radius 1 is 1.38 bits per heavy atom. The van der Waals surface area contributed by atoms with E-state index in [9.17, 15) is 14.7 Å². The number of amides is 1. The molecule has 1 aromatic carbocycles. The van der Waals surface area contributed by atoms with Gasteiger partial charge in [-0.05, 0) is 50.8 Å². The van der Waals surface area contributed by atoms with E-state index in [0.717, 1.165) is 29.8 Å². The maximum atomic E-state index is 13.6. The number of rotatable bonds is 8. The quantitative estimate of drug-likeness (QED) is 0.596. The largest absolute Gasteiger partial charge is 0.503 e. The molecule has 170 valence electrons. The molecular weight excluding hydrogens is 428 g/mol. The molecule has 1 saturated heterocycles. The summed E-state index contributed by atoms with van der Waals surface area (Å²) in [6, 6.07) is 6.67. The van der Waals surface area contributed by atoms with Gasteiger partial charge < -0.3 is 19.5 Å². The first-order chi connectivity index (χ1) is 15.4. The first-order valence-electron chi connectivity index (χ1n) is 11.0. The van der Waals surface area contributed by atoms with Crippen molar-refractivity contribution in [2.24, 2.45) is 0 Å². The third kappa shape index (κ3) is 4.29. The summed E-state index contributed by atoms with van der Waals surface area (Å²) in [4.78, 5) is 33.1. The van der Waals surface area contributed by atoms with Gasteiger partial charge in [0.15, 0.2) is 5.76 Å². The number of hydrogen-bond acceptors (Lipinski definition) is 7. The van der Waals surface area contributed by atoms with E-state index >= 15 is 0 Å². The molecule has 4 rings (SSSR count). The Bertz CT molecular complexity index is 1050. The molecule has 1 N–H and O–H groups in total. The number of ketones is 1. The van der Waals surface area contributed by atoms with Crippen LogP contribution in [0.2, 0.25) is 0 Å². The van der Waals surface area contributed by atoms with Gasteiger partial charge in [0.05, 0.1) is 39.9 Å². The van der Waals surface area contributed by atoms with Crippen LogP contribution < -0.4 is 4.74 Å². The fourth-order valence-electron chi connectivity index (χ4n) is 4.29. The predicted octanol–water partition coefficient (Wildman–Crippen LogP) is 4.31. The van der Waals surface area contributed by atoms with Crippen molar-refractivity contribution in [3.05, 3.63) is 56.7 Å². The van der Waals surface area contributed by atoms with E-state index < -0.39 is 17.7 Å². The Hall–Kier alpha value is -2.71. The lowest BCUT2D eigenvalue weighted by Crippen LogP contribution is -2.37. The molecule has 8 heteroatoms. The lowest BCUT2D eigenvalue weighted by molar-refractivity contribution is -0.131. The number of aromatic nitrogens is 1. The van der Waals surface area contributed by atoms with Crippen LogP contribution in [0.4, 0.5) is 0 Å². The molecule has 0 aliphatic carbocycles. The SMILES string of the molecule is CCCOc1cccc(C2C(C(=O)c3sc(C)nc3C)=C(O)C(=O)N2CC2CCCO2)c1. The Balaban J connectivity index is 1.76. The van der Waals surface area contributed by atoms with E-state index in [1.54, 1.807) is 11.8 Å². The van der Waals surface area contributed by atoms with Crippen LogP contribution in [0.5, 0.6) is 5.75 Å². The molecule has 2 aromatic rings. The van der Waals surface area contributed by atoms with E-state index in [2.05, 4.69) is 4.98 Å². The van der Waals surface area contributed by atoms with Crippen molar-refractivity contribution in [1.29, 1.82) is 0 Å². The lowest BCUT2D eigenvalue weighted by Gasteiger charge is -2.29. The highest BCUT2D eigenvalue weighted by atomic mass is 32.1. The molecule has 1 aromatic heterocycles. The number of thiazole rings is 1. The number of hydrogen-bond donors (Lipinski definition) is 1. The zero-order valence-corrected chi connectivity index (χ0v) is 19.4. The van der Waals surface area contributed by atoms with Crippen LogP contribution in [0, 0.1) is 13.8 Å². The number of aliphatic hydroxyl groups is 1. The van der Waals surface area contributed by atoms with Crippen molar-refractivity contribution in [2.75, 3.05) is 19.8 Å². The molecule has 7 nitrogen and oxygen atoms in total. The maximum Gasteiger partial charge on any atom is 0.290 e. The van der Waals surface area contributed by atoms with Gasteiger partial charge in [-0.3, -0.25) is 9.59 Å². The fourth-order valence-corrected chi connectivity index (χ4v) is 5.16. The van der Waals surface area contributed by atoms with Gasteiger partial charge in [0, 0.05) is 13.2 Å². The molecule has 2 aliphatic heterocycles. The summed E-state index contributed by atoms with van der Waals surface area (Å²) in [5, 5.41) is 11.6. The molecule has 32 heavy (non-hydrogen) atoms. The number of carbonyl (C=O) groups is 2. The molecule has 2 atom stereocenters. The molecule has 0 bridgehead atoms. The molecule has 0 spiro atoms. The summed E-state index contributed by atoms with van der Waals surface area (Å²) in [6.07, 6.45) is 2.53. The lowest BCUT2D eigenvalue weighted by atomic mass is 9.94. The highest BCUT2D eigenvalue weighted by Crippen LogP contribution is 2.41. The maximum absolute atomic E-state index is 13.6.